The molecule has 6 heteroatoms. The van der Waals surface area contributed by atoms with E-state index in [9.17, 15) is 4.79 Å². The summed E-state index contributed by atoms with van der Waals surface area (Å²) in [6.45, 7) is 2.01. The van der Waals surface area contributed by atoms with Crippen LogP contribution < -0.4 is 14.8 Å². The topological polar surface area (TPSA) is 60.5 Å². The highest BCUT2D eigenvalue weighted by Crippen LogP contribution is 2.31. The lowest BCUT2D eigenvalue weighted by Gasteiger charge is -2.14. The quantitative estimate of drug-likeness (QED) is 0.451. The maximum absolute atomic E-state index is 12.0. The molecule has 1 N–H and O–H groups in total. The van der Waals surface area contributed by atoms with Crippen LogP contribution >= 0.6 is 11.3 Å². The molecular weight excluding hydrogens is 372 g/mol. The van der Waals surface area contributed by atoms with Crippen LogP contribution in [0.3, 0.4) is 0 Å². The van der Waals surface area contributed by atoms with Crippen molar-refractivity contribution in [2.24, 2.45) is 0 Å². The summed E-state index contributed by atoms with van der Waals surface area (Å²) in [6.07, 6.45) is -0.635. The standard InChI is InChI=1S/C22H18N2O3S/c1-15(16-8-4-2-5-9-16)26-18-12-13-19-20(14-18)28-21(23-19)24-22(25)27-17-10-6-3-7-11-17/h2-15H,1H3,(H,23,24,25). The van der Waals surface area contributed by atoms with Gasteiger partial charge in [-0.3, -0.25) is 5.32 Å². The smallest absolute Gasteiger partial charge is 0.418 e. The Morgan fingerprint density at radius 2 is 1.68 bits per heavy atom. The zero-order valence-electron chi connectivity index (χ0n) is 15.2. The number of hydrogen-bond acceptors (Lipinski definition) is 5. The summed E-state index contributed by atoms with van der Waals surface area (Å²) in [7, 11) is 0. The second-order valence-corrected chi connectivity index (χ2v) is 7.18. The Balaban J connectivity index is 1.45. The summed E-state index contributed by atoms with van der Waals surface area (Å²) in [5.74, 6) is 1.23. The van der Waals surface area contributed by atoms with Crippen molar-refractivity contribution in [1.29, 1.82) is 0 Å². The van der Waals surface area contributed by atoms with E-state index in [2.05, 4.69) is 10.3 Å². The minimum absolute atomic E-state index is 0.0648. The second kappa shape index (κ2) is 8.10. The number of hydrogen-bond donors (Lipinski definition) is 1. The third-order valence-corrected chi connectivity index (χ3v) is 5.04. The molecule has 0 aliphatic carbocycles. The summed E-state index contributed by atoms with van der Waals surface area (Å²) >= 11 is 1.37. The lowest BCUT2D eigenvalue weighted by molar-refractivity contribution is 0.215. The van der Waals surface area contributed by atoms with Gasteiger partial charge in [-0.05, 0) is 42.8 Å². The SMILES string of the molecule is CC(Oc1ccc2nc(NC(=O)Oc3ccccc3)sc2c1)c1ccccc1. The summed E-state index contributed by atoms with van der Waals surface area (Å²) in [5, 5.41) is 3.15. The van der Waals surface area contributed by atoms with E-state index in [4.69, 9.17) is 9.47 Å². The summed E-state index contributed by atoms with van der Waals surface area (Å²) in [4.78, 5) is 16.5. The molecule has 1 heterocycles. The Kier molecular flexibility index (Phi) is 5.21. The Morgan fingerprint density at radius 3 is 2.43 bits per heavy atom. The van der Waals surface area contributed by atoms with Crippen LogP contribution in [0.15, 0.2) is 78.9 Å². The molecule has 0 saturated heterocycles. The van der Waals surface area contributed by atoms with Gasteiger partial charge in [0.25, 0.3) is 0 Å². The number of rotatable bonds is 5. The number of thiazole rings is 1. The highest BCUT2D eigenvalue weighted by Gasteiger charge is 2.12. The molecule has 0 aliphatic heterocycles. The Labute approximate surface area is 166 Å². The van der Waals surface area contributed by atoms with Crippen LogP contribution in [0.2, 0.25) is 0 Å². The minimum atomic E-state index is -0.570. The Bertz CT molecular complexity index is 1080. The molecule has 0 saturated carbocycles. The number of aromatic nitrogens is 1. The Hall–Kier alpha value is -3.38. The van der Waals surface area contributed by atoms with Crippen molar-refractivity contribution in [1.82, 2.24) is 4.98 Å². The molecule has 1 atom stereocenters. The lowest BCUT2D eigenvalue weighted by atomic mass is 10.1. The molecule has 140 valence electrons. The molecule has 1 amide bonds. The maximum Gasteiger partial charge on any atom is 0.418 e. The van der Waals surface area contributed by atoms with Gasteiger partial charge in [-0.1, -0.05) is 59.9 Å². The number of fused-ring (bicyclic) bond motifs is 1. The number of carbonyl (C=O) groups is 1. The van der Waals surface area contributed by atoms with Crippen molar-refractivity contribution >= 4 is 32.8 Å². The van der Waals surface area contributed by atoms with Gasteiger partial charge in [0, 0.05) is 0 Å². The van der Waals surface area contributed by atoms with Gasteiger partial charge >= 0.3 is 6.09 Å². The summed E-state index contributed by atoms with van der Waals surface area (Å²) < 4.78 is 12.2. The lowest BCUT2D eigenvalue weighted by Crippen LogP contribution is -2.16. The van der Waals surface area contributed by atoms with Crippen LogP contribution in [0.5, 0.6) is 11.5 Å². The first-order valence-electron chi connectivity index (χ1n) is 8.83. The monoisotopic (exact) mass is 390 g/mol. The fraction of sp³-hybridized carbons (Fsp3) is 0.0909. The van der Waals surface area contributed by atoms with E-state index in [1.807, 2.05) is 61.5 Å². The van der Waals surface area contributed by atoms with E-state index in [1.54, 1.807) is 24.3 Å². The predicted octanol–water partition coefficient (Wildman–Crippen LogP) is 6.05. The van der Waals surface area contributed by atoms with Crippen molar-refractivity contribution in [2.45, 2.75) is 13.0 Å². The predicted molar refractivity (Wildman–Crippen MR) is 111 cm³/mol. The summed E-state index contributed by atoms with van der Waals surface area (Å²) in [6, 6.07) is 24.6. The van der Waals surface area contributed by atoms with Crippen molar-refractivity contribution in [3.63, 3.8) is 0 Å². The van der Waals surface area contributed by atoms with Crippen molar-refractivity contribution in [3.05, 3.63) is 84.4 Å². The highest BCUT2D eigenvalue weighted by molar-refractivity contribution is 7.22. The Morgan fingerprint density at radius 1 is 0.964 bits per heavy atom. The maximum atomic E-state index is 12.0. The molecule has 4 rings (SSSR count). The molecule has 0 radical (unpaired) electrons. The van der Waals surface area contributed by atoms with Gasteiger partial charge < -0.3 is 9.47 Å². The van der Waals surface area contributed by atoms with E-state index in [-0.39, 0.29) is 6.10 Å². The number of amides is 1. The molecule has 3 aromatic carbocycles. The molecule has 0 fully saturated rings. The molecule has 0 bridgehead atoms. The molecule has 28 heavy (non-hydrogen) atoms. The molecular formula is C22H18N2O3S. The van der Waals surface area contributed by atoms with Gasteiger partial charge in [-0.2, -0.15) is 0 Å². The fourth-order valence-electron chi connectivity index (χ4n) is 2.74. The largest absolute Gasteiger partial charge is 0.486 e. The summed E-state index contributed by atoms with van der Waals surface area (Å²) in [5.41, 5.74) is 1.90. The van der Waals surface area contributed by atoms with Crippen molar-refractivity contribution in [2.75, 3.05) is 5.32 Å². The molecule has 4 aromatic rings. The van der Waals surface area contributed by atoms with Gasteiger partial charge in [-0.15, -0.1) is 0 Å². The van der Waals surface area contributed by atoms with E-state index in [1.165, 1.54) is 11.3 Å². The first kappa shape index (κ1) is 18.0. The first-order valence-corrected chi connectivity index (χ1v) is 9.65. The number of anilines is 1. The number of para-hydroxylation sites is 1. The average molecular weight is 390 g/mol. The number of nitrogens with zero attached hydrogens (tertiary/aromatic N) is 1. The van der Waals surface area contributed by atoms with Crippen LogP contribution in [0.4, 0.5) is 9.93 Å². The average Bonchev–Trinajstić information content (AvgIpc) is 3.10. The third kappa shape index (κ3) is 4.29. The molecule has 1 unspecified atom stereocenters. The fourth-order valence-corrected chi connectivity index (χ4v) is 3.62. The van der Waals surface area contributed by atoms with Gasteiger partial charge in [0.2, 0.25) is 0 Å². The van der Waals surface area contributed by atoms with Gasteiger partial charge in [0.05, 0.1) is 10.2 Å². The normalized spacial score (nSPS) is 11.8. The second-order valence-electron chi connectivity index (χ2n) is 6.15. The van der Waals surface area contributed by atoms with E-state index >= 15 is 0 Å². The minimum Gasteiger partial charge on any atom is -0.486 e. The molecule has 0 aliphatic rings. The van der Waals surface area contributed by atoms with Crippen LogP contribution in [0.25, 0.3) is 10.2 Å². The third-order valence-electron chi connectivity index (χ3n) is 4.10. The van der Waals surface area contributed by atoms with Crippen LogP contribution in [0.1, 0.15) is 18.6 Å². The molecule has 5 nitrogen and oxygen atoms in total. The number of nitrogens with one attached hydrogen (secondary N) is 1. The first-order chi connectivity index (χ1) is 13.7. The number of carbonyl (C=O) groups excluding carboxylic acids is 1. The molecule has 0 spiro atoms. The zero-order chi connectivity index (χ0) is 19.3. The zero-order valence-corrected chi connectivity index (χ0v) is 16.0. The van der Waals surface area contributed by atoms with E-state index < -0.39 is 6.09 Å². The van der Waals surface area contributed by atoms with Gasteiger partial charge in [0.1, 0.15) is 17.6 Å². The van der Waals surface area contributed by atoms with Crippen LogP contribution in [-0.2, 0) is 0 Å². The van der Waals surface area contributed by atoms with E-state index in [0.29, 0.717) is 10.9 Å². The van der Waals surface area contributed by atoms with Crippen LogP contribution in [0, 0.1) is 0 Å². The van der Waals surface area contributed by atoms with Crippen molar-refractivity contribution < 1.29 is 14.3 Å². The van der Waals surface area contributed by atoms with Gasteiger partial charge in [0.15, 0.2) is 5.13 Å². The number of ether oxygens (including phenoxy) is 2. The van der Waals surface area contributed by atoms with Crippen LogP contribution in [-0.4, -0.2) is 11.1 Å². The number of benzene rings is 3. The van der Waals surface area contributed by atoms with Crippen molar-refractivity contribution in [3.8, 4) is 11.5 Å². The van der Waals surface area contributed by atoms with Gasteiger partial charge in [-0.25, -0.2) is 9.78 Å². The highest BCUT2D eigenvalue weighted by atomic mass is 32.1. The molecule has 1 aromatic heterocycles. The van der Waals surface area contributed by atoms with E-state index in [0.717, 1.165) is 21.5 Å².